The Morgan fingerprint density at radius 3 is 2.83 bits per heavy atom. The van der Waals surface area contributed by atoms with Gasteiger partial charge in [-0.2, -0.15) is 4.68 Å². The summed E-state index contributed by atoms with van der Waals surface area (Å²) < 4.78 is 1.51. The predicted molar refractivity (Wildman–Crippen MR) is 70.7 cm³/mol. The van der Waals surface area contributed by atoms with Crippen LogP contribution < -0.4 is 5.73 Å². The maximum absolute atomic E-state index is 9.46. The van der Waals surface area contributed by atoms with Crippen LogP contribution in [0.1, 0.15) is 0 Å². The average Bonchev–Trinajstić information content (AvgIpc) is 2.97. The molecule has 0 spiro atoms. The topological polar surface area (TPSA) is 77.0 Å². The molecule has 3 N–H and O–H groups in total. The number of aromatic nitrogens is 3. The molecule has 90 valence electrons. The van der Waals surface area contributed by atoms with Gasteiger partial charge in [0.25, 0.3) is 0 Å². The number of thiophene rings is 1. The van der Waals surface area contributed by atoms with Gasteiger partial charge in [-0.25, -0.2) is 0 Å². The minimum Gasteiger partial charge on any atom is -0.508 e. The second-order valence-corrected chi connectivity index (χ2v) is 4.68. The molecular formula is C12H10N4OS. The Balaban J connectivity index is 2.10. The van der Waals surface area contributed by atoms with E-state index in [9.17, 15) is 5.11 Å². The fourth-order valence-corrected chi connectivity index (χ4v) is 2.41. The van der Waals surface area contributed by atoms with E-state index in [1.807, 2.05) is 23.6 Å². The van der Waals surface area contributed by atoms with Crippen molar-refractivity contribution in [1.29, 1.82) is 0 Å². The molecule has 0 atom stereocenters. The second-order valence-electron chi connectivity index (χ2n) is 3.73. The van der Waals surface area contributed by atoms with E-state index in [1.165, 1.54) is 4.68 Å². The number of nitrogens with zero attached hydrogens (tertiary/aromatic N) is 3. The van der Waals surface area contributed by atoms with E-state index in [4.69, 9.17) is 5.73 Å². The van der Waals surface area contributed by atoms with Crippen molar-refractivity contribution in [3.63, 3.8) is 0 Å². The van der Waals surface area contributed by atoms with Gasteiger partial charge < -0.3 is 10.8 Å². The molecule has 0 radical (unpaired) electrons. The first-order chi connectivity index (χ1) is 8.75. The molecule has 2 aromatic heterocycles. The quantitative estimate of drug-likeness (QED) is 0.739. The van der Waals surface area contributed by atoms with Gasteiger partial charge in [0.2, 0.25) is 0 Å². The molecule has 2 heterocycles. The van der Waals surface area contributed by atoms with Crippen molar-refractivity contribution in [1.82, 2.24) is 15.0 Å². The van der Waals surface area contributed by atoms with Gasteiger partial charge in [-0.05, 0) is 23.6 Å². The lowest BCUT2D eigenvalue weighted by Gasteiger charge is -2.03. The van der Waals surface area contributed by atoms with Crippen molar-refractivity contribution in [3.05, 3.63) is 41.8 Å². The Kier molecular flexibility index (Phi) is 2.49. The highest BCUT2D eigenvalue weighted by Crippen LogP contribution is 2.29. The molecule has 18 heavy (non-hydrogen) atoms. The predicted octanol–water partition coefficient (Wildman–Crippen LogP) is 2.28. The number of phenolic OH excluding ortho intramolecular Hbond substituents is 1. The van der Waals surface area contributed by atoms with E-state index in [0.717, 1.165) is 4.88 Å². The number of anilines is 1. The van der Waals surface area contributed by atoms with Crippen molar-refractivity contribution in [2.45, 2.75) is 0 Å². The summed E-state index contributed by atoms with van der Waals surface area (Å²) in [5.41, 5.74) is 7.38. The molecule has 3 rings (SSSR count). The first-order valence-electron chi connectivity index (χ1n) is 5.30. The maximum Gasteiger partial charge on any atom is 0.156 e. The minimum absolute atomic E-state index is 0.167. The van der Waals surface area contributed by atoms with Crippen LogP contribution in [0.3, 0.4) is 0 Å². The van der Waals surface area contributed by atoms with Crippen LogP contribution in [-0.4, -0.2) is 20.1 Å². The SMILES string of the molecule is Nc1c(-c2cccs2)nnn1-c1cccc(O)c1. The van der Waals surface area contributed by atoms with Crippen molar-refractivity contribution in [2.24, 2.45) is 0 Å². The Morgan fingerprint density at radius 2 is 2.11 bits per heavy atom. The molecule has 0 unspecified atom stereocenters. The third-order valence-electron chi connectivity index (χ3n) is 2.53. The lowest BCUT2D eigenvalue weighted by Crippen LogP contribution is -2.01. The van der Waals surface area contributed by atoms with Crippen LogP contribution >= 0.6 is 11.3 Å². The molecule has 0 saturated carbocycles. The summed E-state index contributed by atoms with van der Waals surface area (Å²) in [5, 5.41) is 19.5. The van der Waals surface area contributed by atoms with E-state index in [1.54, 1.807) is 29.5 Å². The number of rotatable bonds is 2. The zero-order valence-corrected chi connectivity index (χ0v) is 10.1. The van der Waals surface area contributed by atoms with Crippen molar-refractivity contribution < 1.29 is 5.11 Å². The highest BCUT2D eigenvalue weighted by molar-refractivity contribution is 7.13. The van der Waals surface area contributed by atoms with Crippen LogP contribution in [0, 0.1) is 0 Å². The highest BCUT2D eigenvalue weighted by atomic mass is 32.1. The lowest BCUT2D eigenvalue weighted by molar-refractivity contribution is 0.475. The molecule has 6 heteroatoms. The normalized spacial score (nSPS) is 10.7. The summed E-state index contributed by atoms with van der Waals surface area (Å²) in [7, 11) is 0. The van der Waals surface area contributed by atoms with E-state index in [0.29, 0.717) is 17.2 Å². The summed E-state index contributed by atoms with van der Waals surface area (Å²) in [6.45, 7) is 0. The molecule has 0 aliphatic carbocycles. The smallest absolute Gasteiger partial charge is 0.156 e. The Hall–Kier alpha value is -2.34. The van der Waals surface area contributed by atoms with Crippen LogP contribution in [0.2, 0.25) is 0 Å². The largest absolute Gasteiger partial charge is 0.508 e. The van der Waals surface area contributed by atoms with Gasteiger partial charge in [0.05, 0.1) is 10.6 Å². The Morgan fingerprint density at radius 1 is 1.22 bits per heavy atom. The molecule has 0 amide bonds. The summed E-state index contributed by atoms with van der Waals surface area (Å²) >= 11 is 1.56. The van der Waals surface area contributed by atoms with Gasteiger partial charge >= 0.3 is 0 Å². The van der Waals surface area contributed by atoms with E-state index >= 15 is 0 Å². The Labute approximate surface area is 107 Å². The number of benzene rings is 1. The number of phenols is 1. The zero-order chi connectivity index (χ0) is 12.5. The third kappa shape index (κ3) is 1.72. The van der Waals surface area contributed by atoms with Crippen molar-refractivity contribution in [2.75, 3.05) is 5.73 Å². The minimum atomic E-state index is 0.167. The third-order valence-corrected chi connectivity index (χ3v) is 3.41. The van der Waals surface area contributed by atoms with Crippen LogP contribution in [0.5, 0.6) is 5.75 Å². The van der Waals surface area contributed by atoms with E-state index in [-0.39, 0.29) is 5.75 Å². The van der Waals surface area contributed by atoms with Crippen molar-refractivity contribution in [3.8, 4) is 22.0 Å². The van der Waals surface area contributed by atoms with Crippen LogP contribution in [0.4, 0.5) is 5.82 Å². The fraction of sp³-hybridized carbons (Fsp3) is 0. The number of hydrogen-bond acceptors (Lipinski definition) is 5. The number of hydrogen-bond donors (Lipinski definition) is 2. The van der Waals surface area contributed by atoms with Crippen LogP contribution in [0.15, 0.2) is 41.8 Å². The Bertz CT molecular complexity index is 675. The molecule has 0 fully saturated rings. The summed E-state index contributed by atoms with van der Waals surface area (Å²) in [6.07, 6.45) is 0. The summed E-state index contributed by atoms with van der Waals surface area (Å²) in [5.74, 6) is 0.628. The van der Waals surface area contributed by atoms with Gasteiger partial charge in [-0.3, -0.25) is 0 Å². The van der Waals surface area contributed by atoms with E-state index in [2.05, 4.69) is 10.3 Å². The molecule has 0 bridgehead atoms. The molecule has 5 nitrogen and oxygen atoms in total. The molecule has 1 aromatic carbocycles. The lowest BCUT2D eigenvalue weighted by atomic mass is 10.3. The molecular weight excluding hydrogens is 248 g/mol. The first-order valence-corrected chi connectivity index (χ1v) is 6.18. The molecule has 0 aliphatic rings. The van der Waals surface area contributed by atoms with Crippen LogP contribution in [0.25, 0.3) is 16.3 Å². The summed E-state index contributed by atoms with van der Waals surface area (Å²) in [4.78, 5) is 0.971. The number of nitrogens with two attached hydrogens (primary N) is 1. The average molecular weight is 258 g/mol. The highest BCUT2D eigenvalue weighted by Gasteiger charge is 2.13. The second kappa shape index (κ2) is 4.15. The first kappa shape index (κ1) is 10.8. The van der Waals surface area contributed by atoms with Gasteiger partial charge in [-0.1, -0.05) is 17.3 Å². The maximum atomic E-state index is 9.46. The molecule has 0 saturated heterocycles. The molecule has 0 aliphatic heterocycles. The fourth-order valence-electron chi connectivity index (χ4n) is 1.69. The number of nitrogen functional groups attached to an aromatic ring is 1. The van der Waals surface area contributed by atoms with Gasteiger partial charge in [0, 0.05) is 6.07 Å². The molecule has 3 aromatic rings. The van der Waals surface area contributed by atoms with Gasteiger partial charge in [0.1, 0.15) is 11.4 Å². The van der Waals surface area contributed by atoms with Gasteiger partial charge in [0.15, 0.2) is 5.82 Å². The van der Waals surface area contributed by atoms with E-state index < -0.39 is 0 Å². The zero-order valence-electron chi connectivity index (χ0n) is 9.32. The number of aromatic hydroxyl groups is 1. The summed E-state index contributed by atoms with van der Waals surface area (Å²) in [6, 6.07) is 10.6. The van der Waals surface area contributed by atoms with Crippen LogP contribution in [-0.2, 0) is 0 Å². The van der Waals surface area contributed by atoms with Crippen molar-refractivity contribution >= 4 is 17.2 Å². The standard InChI is InChI=1S/C12H10N4OS/c13-12-11(10-5-2-6-18-10)14-15-16(12)8-3-1-4-9(17)7-8/h1-7,17H,13H2. The monoisotopic (exact) mass is 258 g/mol. The van der Waals surface area contributed by atoms with Gasteiger partial charge in [-0.15, -0.1) is 16.4 Å².